The van der Waals surface area contributed by atoms with Crippen LogP contribution in [-0.2, 0) is 11.2 Å². The number of amides is 1. The highest BCUT2D eigenvalue weighted by molar-refractivity contribution is 5.78. The number of rotatable bonds is 5. The van der Waals surface area contributed by atoms with Crippen LogP contribution < -0.4 is 10.6 Å². The fourth-order valence-corrected chi connectivity index (χ4v) is 1.71. The molecule has 0 bridgehead atoms. The van der Waals surface area contributed by atoms with Crippen LogP contribution in [0, 0.1) is 0 Å². The molecule has 1 aromatic heterocycles. The third-order valence-corrected chi connectivity index (χ3v) is 2.51. The van der Waals surface area contributed by atoms with Crippen molar-refractivity contribution in [2.24, 2.45) is 0 Å². The van der Waals surface area contributed by atoms with Crippen molar-refractivity contribution >= 4 is 16.9 Å². The van der Waals surface area contributed by atoms with E-state index in [1.807, 2.05) is 30.3 Å². The van der Waals surface area contributed by atoms with Gasteiger partial charge >= 0.3 is 0 Å². The molecule has 0 aliphatic carbocycles. The molecule has 1 heterocycles. The predicted octanol–water partition coefficient (Wildman–Crippen LogP) is 1.31. The smallest absolute Gasteiger partial charge is 0.233 e. The minimum Gasteiger partial charge on any atom is -0.461 e. The number of hydrogen-bond donors (Lipinski definition) is 2. The summed E-state index contributed by atoms with van der Waals surface area (Å²) >= 11 is 0. The third-order valence-electron chi connectivity index (χ3n) is 2.51. The lowest BCUT2D eigenvalue weighted by molar-refractivity contribution is -0.120. The number of nitrogens with one attached hydrogen (secondary N) is 2. The predicted molar refractivity (Wildman–Crippen MR) is 66.9 cm³/mol. The molecule has 0 atom stereocenters. The average Bonchev–Trinajstić information content (AvgIpc) is 2.71. The summed E-state index contributed by atoms with van der Waals surface area (Å²) in [6, 6.07) is 9.90. The molecule has 0 spiro atoms. The largest absolute Gasteiger partial charge is 0.461 e. The van der Waals surface area contributed by atoms with Crippen molar-refractivity contribution in [1.29, 1.82) is 0 Å². The highest BCUT2D eigenvalue weighted by Crippen LogP contribution is 2.18. The highest BCUT2D eigenvalue weighted by atomic mass is 16.3. The molecule has 0 saturated carbocycles. The lowest BCUT2D eigenvalue weighted by Crippen LogP contribution is -2.33. The Labute approximate surface area is 100.0 Å². The van der Waals surface area contributed by atoms with E-state index in [4.69, 9.17) is 4.42 Å². The molecular weight excluding hydrogens is 216 g/mol. The number of furan rings is 1. The Bertz CT molecular complexity index is 472. The summed E-state index contributed by atoms with van der Waals surface area (Å²) in [5.41, 5.74) is 0.893. The van der Waals surface area contributed by atoms with Gasteiger partial charge in [-0.05, 0) is 19.2 Å². The second kappa shape index (κ2) is 5.50. The summed E-state index contributed by atoms with van der Waals surface area (Å²) in [6.45, 7) is 0.945. The topological polar surface area (TPSA) is 54.3 Å². The zero-order valence-electron chi connectivity index (χ0n) is 9.82. The molecule has 0 saturated heterocycles. The fourth-order valence-electron chi connectivity index (χ4n) is 1.71. The van der Waals surface area contributed by atoms with Crippen molar-refractivity contribution in [3.05, 3.63) is 36.1 Å². The van der Waals surface area contributed by atoms with Crippen LogP contribution in [0.4, 0.5) is 0 Å². The normalized spacial score (nSPS) is 10.6. The maximum Gasteiger partial charge on any atom is 0.233 e. The Morgan fingerprint density at radius 2 is 2.18 bits per heavy atom. The maximum absolute atomic E-state index is 11.2. The molecule has 4 heteroatoms. The van der Waals surface area contributed by atoms with Crippen LogP contribution in [0.3, 0.4) is 0 Å². The van der Waals surface area contributed by atoms with E-state index in [9.17, 15) is 4.79 Å². The van der Waals surface area contributed by atoms with Crippen LogP contribution in [0.25, 0.3) is 11.0 Å². The van der Waals surface area contributed by atoms with E-state index < -0.39 is 0 Å². The van der Waals surface area contributed by atoms with Crippen molar-refractivity contribution in [3.63, 3.8) is 0 Å². The van der Waals surface area contributed by atoms with Gasteiger partial charge in [0.25, 0.3) is 0 Å². The monoisotopic (exact) mass is 232 g/mol. The van der Waals surface area contributed by atoms with Crippen LogP contribution in [0.1, 0.15) is 5.76 Å². The first-order valence-corrected chi connectivity index (χ1v) is 5.68. The summed E-state index contributed by atoms with van der Waals surface area (Å²) in [5, 5.41) is 6.72. The van der Waals surface area contributed by atoms with E-state index in [1.165, 1.54) is 0 Å². The minimum absolute atomic E-state index is 0.00334. The van der Waals surface area contributed by atoms with Gasteiger partial charge in [-0.1, -0.05) is 18.2 Å². The number of carbonyl (C=O) groups is 1. The molecule has 1 aromatic carbocycles. The molecule has 2 rings (SSSR count). The summed E-state index contributed by atoms with van der Waals surface area (Å²) in [7, 11) is 1.75. The molecular formula is C13H16N2O2. The summed E-state index contributed by atoms with van der Waals surface area (Å²) in [6.07, 6.45) is 0.712. The molecule has 2 N–H and O–H groups in total. The van der Waals surface area contributed by atoms with Crippen molar-refractivity contribution < 1.29 is 9.21 Å². The molecule has 0 aliphatic rings. The Kier molecular flexibility index (Phi) is 3.77. The second-order valence-corrected chi connectivity index (χ2v) is 3.88. The van der Waals surface area contributed by atoms with Crippen molar-refractivity contribution in [2.45, 2.75) is 6.42 Å². The van der Waals surface area contributed by atoms with E-state index in [0.717, 1.165) is 16.7 Å². The molecule has 17 heavy (non-hydrogen) atoms. The van der Waals surface area contributed by atoms with Crippen LogP contribution in [0.5, 0.6) is 0 Å². The van der Waals surface area contributed by atoms with E-state index in [2.05, 4.69) is 10.6 Å². The second-order valence-electron chi connectivity index (χ2n) is 3.88. The summed E-state index contributed by atoms with van der Waals surface area (Å²) in [5.74, 6) is 0.902. The van der Waals surface area contributed by atoms with Gasteiger partial charge in [-0.2, -0.15) is 0 Å². The van der Waals surface area contributed by atoms with Crippen LogP contribution >= 0.6 is 0 Å². The van der Waals surface area contributed by atoms with E-state index in [1.54, 1.807) is 7.05 Å². The summed E-state index contributed by atoms with van der Waals surface area (Å²) in [4.78, 5) is 11.2. The first-order valence-electron chi connectivity index (χ1n) is 5.68. The molecule has 1 amide bonds. The van der Waals surface area contributed by atoms with Crippen molar-refractivity contribution in [2.75, 3.05) is 20.1 Å². The molecule has 2 aromatic rings. The van der Waals surface area contributed by atoms with Gasteiger partial charge in [0.05, 0.1) is 6.54 Å². The lowest BCUT2D eigenvalue weighted by Gasteiger charge is -2.02. The van der Waals surface area contributed by atoms with Gasteiger partial charge in [-0.3, -0.25) is 4.79 Å². The molecule has 0 unspecified atom stereocenters. The fraction of sp³-hybridized carbons (Fsp3) is 0.308. The van der Waals surface area contributed by atoms with Crippen molar-refractivity contribution in [1.82, 2.24) is 10.6 Å². The number of fused-ring (bicyclic) bond motifs is 1. The average molecular weight is 232 g/mol. The number of benzene rings is 1. The van der Waals surface area contributed by atoms with Gasteiger partial charge in [-0.15, -0.1) is 0 Å². The van der Waals surface area contributed by atoms with Gasteiger partial charge in [0.2, 0.25) is 5.91 Å². The zero-order chi connectivity index (χ0) is 12.1. The van der Waals surface area contributed by atoms with Gasteiger partial charge < -0.3 is 15.1 Å². The van der Waals surface area contributed by atoms with E-state index in [-0.39, 0.29) is 5.91 Å². The Morgan fingerprint density at radius 1 is 1.35 bits per heavy atom. The number of likely N-dealkylation sites (N-methyl/N-ethyl adjacent to an activating group) is 1. The lowest BCUT2D eigenvalue weighted by atomic mass is 10.2. The van der Waals surface area contributed by atoms with Crippen molar-refractivity contribution in [3.8, 4) is 0 Å². The Balaban J connectivity index is 1.89. The standard InChI is InChI=1S/C13H16N2O2/c1-14-9-13(16)15-7-6-11-8-10-4-2-3-5-12(10)17-11/h2-5,8,14H,6-7,9H2,1H3,(H,15,16). The molecule has 0 radical (unpaired) electrons. The SMILES string of the molecule is CNCC(=O)NCCc1cc2ccccc2o1. The Morgan fingerprint density at radius 3 is 2.94 bits per heavy atom. The number of hydrogen-bond acceptors (Lipinski definition) is 3. The molecule has 4 nitrogen and oxygen atoms in total. The van der Waals surface area contributed by atoms with Gasteiger partial charge in [-0.25, -0.2) is 0 Å². The van der Waals surface area contributed by atoms with Gasteiger partial charge in [0.15, 0.2) is 0 Å². The maximum atomic E-state index is 11.2. The third kappa shape index (κ3) is 3.07. The van der Waals surface area contributed by atoms with E-state index in [0.29, 0.717) is 19.5 Å². The van der Waals surface area contributed by atoms with E-state index >= 15 is 0 Å². The first-order chi connectivity index (χ1) is 8.29. The van der Waals surface area contributed by atoms with Crippen LogP contribution in [0.15, 0.2) is 34.7 Å². The van der Waals surface area contributed by atoms with Gasteiger partial charge in [0.1, 0.15) is 11.3 Å². The highest BCUT2D eigenvalue weighted by Gasteiger charge is 2.03. The Hall–Kier alpha value is -1.81. The van der Waals surface area contributed by atoms with Gasteiger partial charge in [0, 0.05) is 18.4 Å². The van der Waals surface area contributed by atoms with Crippen LogP contribution in [0.2, 0.25) is 0 Å². The van der Waals surface area contributed by atoms with Crippen LogP contribution in [-0.4, -0.2) is 26.0 Å². The quantitative estimate of drug-likeness (QED) is 0.817. The zero-order valence-corrected chi connectivity index (χ0v) is 9.82. The number of carbonyl (C=O) groups excluding carboxylic acids is 1. The molecule has 0 aliphatic heterocycles. The molecule has 0 fully saturated rings. The number of para-hydroxylation sites is 1. The summed E-state index contributed by atoms with van der Waals surface area (Å²) < 4.78 is 5.64. The molecule has 90 valence electrons. The first kappa shape index (κ1) is 11.7. The minimum atomic E-state index is 0.00334.